The summed E-state index contributed by atoms with van der Waals surface area (Å²) in [5, 5.41) is 5.45. The monoisotopic (exact) mass is 252 g/mol. The number of hydrogen-bond donors (Lipinski definition) is 0. The summed E-state index contributed by atoms with van der Waals surface area (Å²) < 4.78 is 0. The Bertz CT molecular complexity index is 253. The molecule has 2 nitrogen and oxygen atoms in total. The molecule has 2 heterocycles. The molecule has 0 aromatic rings. The minimum absolute atomic E-state index is 0.756. The highest BCUT2D eigenvalue weighted by Gasteiger charge is 2.34. The molecule has 0 aromatic carbocycles. The van der Waals surface area contributed by atoms with Crippen molar-refractivity contribution in [2.45, 2.75) is 78.3 Å². The maximum absolute atomic E-state index is 2.73. The second-order valence-electron chi connectivity index (χ2n) is 6.67. The zero-order valence-electron chi connectivity index (χ0n) is 12.9. The number of hydrogen-bond acceptors (Lipinski definition) is 2. The van der Waals surface area contributed by atoms with Gasteiger partial charge in [0.15, 0.2) is 0 Å². The second kappa shape index (κ2) is 6.38. The third-order valence-corrected chi connectivity index (χ3v) is 5.28. The van der Waals surface area contributed by atoms with Gasteiger partial charge in [0.25, 0.3) is 0 Å². The van der Waals surface area contributed by atoms with Gasteiger partial charge in [-0.05, 0) is 50.9 Å². The van der Waals surface area contributed by atoms with Crippen molar-refractivity contribution in [1.82, 2.24) is 10.0 Å². The van der Waals surface area contributed by atoms with Gasteiger partial charge in [0.1, 0.15) is 0 Å². The summed E-state index contributed by atoms with van der Waals surface area (Å²) in [4.78, 5) is 0. The van der Waals surface area contributed by atoms with Gasteiger partial charge >= 0.3 is 0 Å². The summed E-state index contributed by atoms with van der Waals surface area (Å²) in [5.41, 5.74) is 0. The first-order valence-corrected chi connectivity index (χ1v) is 8.18. The molecule has 0 N–H and O–H groups in total. The van der Waals surface area contributed by atoms with Crippen molar-refractivity contribution in [3.8, 4) is 0 Å². The first-order valence-electron chi connectivity index (χ1n) is 8.18. The third kappa shape index (κ3) is 3.08. The number of rotatable bonds is 3. The van der Waals surface area contributed by atoms with Crippen LogP contribution >= 0.6 is 0 Å². The normalized spacial score (nSPS) is 40.0. The van der Waals surface area contributed by atoms with Crippen molar-refractivity contribution < 1.29 is 0 Å². The largest absolute Gasteiger partial charge is 0.239 e. The van der Waals surface area contributed by atoms with Crippen LogP contribution in [0.25, 0.3) is 0 Å². The van der Waals surface area contributed by atoms with Gasteiger partial charge in [0.2, 0.25) is 0 Å². The average Bonchev–Trinajstić information content (AvgIpc) is 2.39. The van der Waals surface area contributed by atoms with E-state index < -0.39 is 0 Å². The Morgan fingerprint density at radius 2 is 1.61 bits per heavy atom. The van der Waals surface area contributed by atoms with Gasteiger partial charge in [-0.1, -0.05) is 27.2 Å². The average molecular weight is 252 g/mol. The predicted molar refractivity (Wildman–Crippen MR) is 78.4 cm³/mol. The smallest absolute Gasteiger partial charge is 0.0245 e. The zero-order valence-corrected chi connectivity index (χ0v) is 12.9. The molecule has 0 saturated carbocycles. The summed E-state index contributed by atoms with van der Waals surface area (Å²) >= 11 is 0. The van der Waals surface area contributed by atoms with Gasteiger partial charge in [0.05, 0.1) is 0 Å². The molecule has 2 aliphatic heterocycles. The Morgan fingerprint density at radius 1 is 0.889 bits per heavy atom. The van der Waals surface area contributed by atoms with E-state index in [9.17, 15) is 0 Å². The highest BCUT2D eigenvalue weighted by atomic mass is 15.6. The van der Waals surface area contributed by atoms with E-state index in [1.54, 1.807) is 0 Å². The Balaban J connectivity index is 1.97. The van der Waals surface area contributed by atoms with Crippen molar-refractivity contribution in [3.05, 3.63) is 0 Å². The van der Waals surface area contributed by atoms with E-state index in [0.717, 1.165) is 23.9 Å². The fourth-order valence-electron chi connectivity index (χ4n) is 3.96. The fraction of sp³-hybridized carbons (Fsp3) is 1.00. The SMILES string of the molecule is CCC1CCN(N2CCC(C)CC2CC)C(C)C1. The van der Waals surface area contributed by atoms with Crippen molar-refractivity contribution in [3.63, 3.8) is 0 Å². The van der Waals surface area contributed by atoms with E-state index in [1.807, 2.05) is 0 Å². The van der Waals surface area contributed by atoms with Gasteiger partial charge in [-0.15, -0.1) is 0 Å². The van der Waals surface area contributed by atoms with E-state index in [4.69, 9.17) is 0 Å². The molecule has 4 atom stereocenters. The Morgan fingerprint density at radius 3 is 2.22 bits per heavy atom. The van der Waals surface area contributed by atoms with E-state index in [-0.39, 0.29) is 0 Å². The lowest BCUT2D eigenvalue weighted by molar-refractivity contribution is -0.130. The summed E-state index contributed by atoms with van der Waals surface area (Å²) in [6, 6.07) is 1.56. The summed E-state index contributed by atoms with van der Waals surface area (Å²) in [5.74, 6) is 1.90. The highest BCUT2D eigenvalue weighted by molar-refractivity contribution is 4.83. The third-order valence-electron chi connectivity index (χ3n) is 5.28. The number of piperidine rings is 2. The maximum Gasteiger partial charge on any atom is 0.0245 e. The molecule has 0 amide bonds. The van der Waals surface area contributed by atoms with Gasteiger partial charge in [-0.3, -0.25) is 0 Å². The Hall–Kier alpha value is -0.0800. The highest BCUT2D eigenvalue weighted by Crippen LogP contribution is 2.32. The molecule has 2 heteroatoms. The van der Waals surface area contributed by atoms with Crippen LogP contribution in [0.15, 0.2) is 0 Å². The molecule has 0 aliphatic carbocycles. The molecule has 2 rings (SSSR count). The number of nitrogens with zero attached hydrogens (tertiary/aromatic N) is 2. The van der Waals surface area contributed by atoms with E-state index in [2.05, 4.69) is 37.7 Å². The molecule has 2 aliphatic rings. The standard InChI is InChI=1S/C16H32N2/c1-5-15-8-10-17(14(4)12-15)18-9-7-13(3)11-16(18)6-2/h13-16H,5-12H2,1-4H3. The van der Waals surface area contributed by atoms with Crippen LogP contribution in [-0.2, 0) is 0 Å². The van der Waals surface area contributed by atoms with Crippen LogP contribution in [0.3, 0.4) is 0 Å². The topological polar surface area (TPSA) is 6.48 Å². The zero-order chi connectivity index (χ0) is 13.1. The summed E-state index contributed by atoms with van der Waals surface area (Å²) in [6.07, 6.45) is 8.27. The molecule has 0 bridgehead atoms. The van der Waals surface area contributed by atoms with Crippen LogP contribution in [0.5, 0.6) is 0 Å². The van der Waals surface area contributed by atoms with Gasteiger partial charge in [0, 0.05) is 25.2 Å². The predicted octanol–water partition coefficient (Wildman–Crippen LogP) is 3.92. The van der Waals surface area contributed by atoms with Gasteiger partial charge in [-0.2, -0.15) is 0 Å². The van der Waals surface area contributed by atoms with Crippen LogP contribution in [0, 0.1) is 11.8 Å². The lowest BCUT2D eigenvalue weighted by Gasteiger charge is -2.50. The lowest BCUT2D eigenvalue weighted by Crippen LogP contribution is -2.57. The fourth-order valence-corrected chi connectivity index (χ4v) is 3.96. The van der Waals surface area contributed by atoms with E-state index >= 15 is 0 Å². The molecular formula is C16H32N2. The summed E-state index contributed by atoms with van der Waals surface area (Å²) in [6.45, 7) is 12.2. The van der Waals surface area contributed by atoms with Crippen molar-refractivity contribution in [2.75, 3.05) is 13.1 Å². The molecule has 4 unspecified atom stereocenters. The molecular weight excluding hydrogens is 220 g/mol. The second-order valence-corrected chi connectivity index (χ2v) is 6.67. The van der Waals surface area contributed by atoms with Crippen LogP contribution < -0.4 is 0 Å². The molecule has 0 spiro atoms. The van der Waals surface area contributed by atoms with Crippen LogP contribution in [0.1, 0.15) is 66.2 Å². The molecule has 106 valence electrons. The summed E-state index contributed by atoms with van der Waals surface area (Å²) in [7, 11) is 0. The van der Waals surface area contributed by atoms with E-state index in [1.165, 1.54) is 51.6 Å². The van der Waals surface area contributed by atoms with Crippen molar-refractivity contribution >= 4 is 0 Å². The van der Waals surface area contributed by atoms with Crippen molar-refractivity contribution in [2.24, 2.45) is 11.8 Å². The van der Waals surface area contributed by atoms with Crippen LogP contribution in [0.2, 0.25) is 0 Å². The lowest BCUT2D eigenvalue weighted by atomic mass is 9.89. The minimum Gasteiger partial charge on any atom is -0.239 e. The van der Waals surface area contributed by atoms with Gasteiger partial charge in [-0.25, -0.2) is 10.0 Å². The molecule has 0 aromatic heterocycles. The molecule has 18 heavy (non-hydrogen) atoms. The van der Waals surface area contributed by atoms with E-state index in [0.29, 0.717) is 0 Å². The number of hydrazine groups is 1. The Kier molecular flexibility index (Phi) is 5.08. The minimum atomic E-state index is 0.756. The van der Waals surface area contributed by atoms with Gasteiger partial charge < -0.3 is 0 Å². The first kappa shape index (κ1) is 14.3. The quantitative estimate of drug-likeness (QED) is 0.751. The molecule has 2 fully saturated rings. The molecule has 0 radical (unpaired) electrons. The van der Waals surface area contributed by atoms with Crippen molar-refractivity contribution in [1.29, 1.82) is 0 Å². The van der Waals surface area contributed by atoms with Crippen LogP contribution in [-0.4, -0.2) is 35.2 Å². The van der Waals surface area contributed by atoms with Crippen LogP contribution in [0.4, 0.5) is 0 Å². The Labute approximate surface area is 114 Å². The molecule has 2 saturated heterocycles. The first-order chi connectivity index (χ1) is 8.65. The maximum atomic E-state index is 2.73.